The molecule has 1 amide bonds. The number of nitrogens with zero attached hydrogens (tertiary/aromatic N) is 2. The lowest BCUT2D eigenvalue weighted by Crippen LogP contribution is -2.55. The zero-order chi connectivity index (χ0) is 14.6. The van der Waals surface area contributed by atoms with Crippen LogP contribution in [0.4, 0.5) is 0 Å². The molecule has 0 aromatic carbocycles. The highest BCUT2D eigenvalue weighted by Gasteiger charge is 2.38. The topological polar surface area (TPSA) is 49.6 Å². The summed E-state index contributed by atoms with van der Waals surface area (Å²) in [5.41, 5.74) is 5.07. The summed E-state index contributed by atoms with van der Waals surface area (Å²) in [6.07, 6.45) is 0.660. The van der Waals surface area contributed by atoms with Crippen molar-refractivity contribution in [2.45, 2.75) is 34.1 Å². The highest BCUT2D eigenvalue weighted by atomic mass is 32.1. The lowest BCUT2D eigenvalue weighted by Gasteiger charge is -2.39. The lowest BCUT2D eigenvalue weighted by molar-refractivity contribution is -0.139. The second-order valence-corrected chi connectivity index (χ2v) is 6.48. The molecule has 0 aromatic heterocycles. The zero-order valence-corrected chi connectivity index (χ0v) is 13.4. The van der Waals surface area contributed by atoms with Crippen molar-refractivity contribution in [1.82, 2.24) is 9.80 Å². The molecular formula is C14H27N3OS. The summed E-state index contributed by atoms with van der Waals surface area (Å²) in [7, 11) is 0. The smallest absolute Gasteiger partial charge is 0.235 e. The maximum absolute atomic E-state index is 12.6. The fourth-order valence-electron chi connectivity index (χ4n) is 2.43. The molecule has 0 saturated carbocycles. The van der Waals surface area contributed by atoms with E-state index in [1.807, 2.05) is 18.7 Å². The van der Waals surface area contributed by atoms with Crippen LogP contribution in [-0.4, -0.2) is 53.4 Å². The Bertz CT molecular complexity index is 338. The second kappa shape index (κ2) is 6.66. The quantitative estimate of drug-likeness (QED) is 0.778. The number of hydrogen-bond acceptors (Lipinski definition) is 3. The zero-order valence-electron chi connectivity index (χ0n) is 12.6. The monoisotopic (exact) mass is 285 g/mol. The van der Waals surface area contributed by atoms with Gasteiger partial charge in [0.15, 0.2) is 0 Å². The van der Waals surface area contributed by atoms with Crippen LogP contribution in [0.15, 0.2) is 0 Å². The number of carbonyl (C=O) groups excluding carboxylic acids is 1. The summed E-state index contributed by atoms with van der Waals surface area (Å²) in [5.74, 6) is 0.756. The molecule has 0 spiro atoms. The van der Waals surface area contributed by atoms with Crippen LogP contribution >= 0.6 is 12.2 Å². The molecule has 1 fully saturated rings. The van der Waals surface area contributed by atoms with E-state index in [4.69, 9.17) is 18.0 Å². The Morgan fingerprint density at radius 3 is 2.21 bits per heavy atom. The van der Waals surface area contributed by atoms with Gasteiger partial charge in [-0.05, 0) is 19.3 Å². The average molecular weight is 285 g/mol. The Hall–Kier alpha value is -0.680. The van der Waals surface area contributed by atoms with Crippen LogP contribution in [0, 0.1) is 11.3 Å². The minimum Gasteiger partial charge on any atom is -0.392 e. The lowest BCUT2D eigenvalue weighted by atomic mass is 9.85. The second-order valence-electron chi connectivity index (χ2n) is 6.04. The van der Waals surface area contributed by atoms with E-state index < -0.39 is 5.41 Å². The minimum atomic E-state index is -0.685. The molecule has 0 bridgehead atoms. The fraction of sp³-hybridized carbons (Fsp3) is 0.857. The Kier molecular flexibility index (Phi) is 5.74. The molecule has 1 atom stereocenters. The van der Waals surface area contributed by atoms with E-state index in [0.717, 1.165) is 32.7 Å². The van der Waals surface area contributed by atoms with Crippen LogP contribution in [0.2, 0.25) is 0 Å². The Morgan fingerprint density at radius 1 is 1.32 bits per heavy atom. The normalized spacial score (nSPS) is 20.4. The van der Waals surface area contributed by atoms with Crippen LogP contribution in [-0.2, 0) is 4.79 Å². The van der Waals surface area contributed by atoms with Gasteiger partial charge in [0.1, 0.15) is 0 Å². The first-order chi connectivity index (χ1) is 8.81. The molecule has 1 unspecified atom stereocenters. The van der Waals surface area contributed by atoms with E-state index in [9.17, 15) is 4.79 Å². The first kappa shape index (κ1) is 16.4. The number of rotatable bonds is 5. The maximum Gasteiger partial charge on any atom is 0.235 e. The predicted molar refractivity (Wildman–Crippen MR) is 83.0 cm³/mol. The van der Waals surface area contributed by atoms with Crippen LogP contribution in [0.5, 0.6) is 0 Å². The van der Waals surface area contributed by atoms with Crippen LogP contribution in [0.25, 0.3) is 0 Å². The fourth-order valence-corrected chi connectivity index (χ4v) is 2.66. The predicted octanol–water partition coefficient (Wildman–Crippen LogP) is 1.49. The third kappa shape index (κ3) is 3.89. The van der Waals surface area contributed by atoms with Crippen molar-refractivity contribution >= 4 is 23.1 Å². The largest absolute Gasteiger partial charge is 0.392 e. The number of amides is 1. The summed E-state index contributed by atoms with van der Waals surface area (Å²) in [6.45, 7) is 12.8. The van der Waals surface area contributed by atoms with Gasteiger partial charge in [-0.3, -0.25) is 9.69 Å². The molecule has 0 radical (unpaired) electrons. The van der Waals surface area contributed by atoms with Crippen molar-refractivity contribution in [2.75, 3.05) is 32.7 Å². The molecule has 4 nitrogen and oxygen atoms in total. The highest BCUT2D eigenvalue weighted by molar-refractivity contribution is 7.80. The summed E-state index contributed by atoms with van der Waals surface area (Å²) in [5, 5.41) is 0. The molecule has 1 heterocycles. The van der Waals surface area contributed by atoms with E-state index >= 15 is 0 Å². The highest BCUT2D eigenvalue weighted by Crippen LogP contribution is 2.25. The van der Waals surface area contributed by atoms with Crippen molar-refractivity contribution in [2.24, 2.45) is 17.1 Å². The molecule has 0 aliphatic carbocycles. The van der Waals surface area contributed by atoms with E-state index in [1.54, 1.807) is 0 Å². The van der Waals surface area contributed by atoms with Gasteiger partial charge in [-0.15, -0.1) is 0 Å². The van der Waals surface area contributed by atoms with Gasteiger partial charge >= 0.3 is 0 Å². The van der Waals surface area contributed by atoms with Crippen LogP contribution < -0.4 is 5.73 Å². The number of thiocarbonyl (C=S) groups is 1. The Labute approximate surface area is 122 Å². The van der Waals surface area contributed by atoms with E-state index in [2.05, 4.69) is 18.7 Å². The standard InChI is InChI=1S/C14H27N3OS/c1-5-14(4,12(15)19)13(18)17-8-6-16(7-9-17)10-11(2)3/h11H,5-10H2,1-4H3,(H2,15,19). The van der Waals surface area contributed by atoms with Gasteiger partial charge in [0.25, 0.3) is 0 Å². The third-order valence-electron chi connectivity index (χ3n) is 4.01. The summed E-state index contributed by atoms with van der Waals surface area (Å²) >= 11 is 5.08. The van der Waals surface area contributed by atoms with E-state index in [1.165, 1.54) is 0 Å². The van der Waals surface area contributed by atoms with Crippen molar-refractivity contribution in [3.8, 4) is 0 Å². The Morgan fingerprint density at radius 2 is 1.84 bits per heavy atom. The van der Waals surface area contributed by atoms with E-state index in [-0.39, 0.29) is 5.91 Å². The van der Waals surface area contributed by atoms with Gasteiger partial charge in [-0.2, -0.15) is 0 Å². The molecule has 1 aliphatic heterocycles. The van der Waals surface area contributed by atoms with E-state index in [0.29, 0.717) is 17.3 Å². The molecule has 1 aliphatic rings. The molecule has 1 rings (SSSR count). The molecule has 19 heavy (non-hydrogen) atoms. The summed E-state index contributed by atoms with van der Waals surface area (Å²) < 4.78 is 0. The van der Waals surface area contributed by atoms with Gasteiger partial charge in [-0.25, -0.2) is 0 Å². The van der Waals surface area contributed by atoms with Crippen molar-refractivity contribution in [3.63, 3.8) is 0 Å². The first-order valence-electron chi connectivity index (χ1n) is 7.13. The molecule has 5 heteroatoms. The third-order valence-corrected chi connectivity index (χ3v) is 4.46. The van der Waals surface area contributed by atoms with Crippen molar-refractivity contribution in [1.29, 1.82) is 0 Å². The number of piperazine rings is 1. The summed E-state index contributed by atoms with van der Waals surface area (Å²) in [4.78, 5) is 17.2. The molecular weight excluding hydrogens is 258 g/mol. The average Bonchev–Trinajstić information content (AvgIpc) is 2.37. The van der Waals surface area contributed by atoms with Gasteiger partial charge in [0.2, 0.25) is 5.91 Å². The molecule has 110 valence electrons. The Balaban J connectivity index is 2.60. The van der Waals surface area contributed by atoms with Gasteiger partial charge in [0, 0.05) is 32.7 Å². The minimum absolute atomic E-state index is 0.0895. The number of hydrogen-bond donors (Lipinski definition) is 1. The van der Waals surface area contributed by atoms with Crippen LogP contribution in [0.3, 0.4) is 0 Å². The molecule has 1 saturated heterocycles. The number of nitrogens with two attached hydrogens (primary N) is 1. The van der Waals surface area contributed by atoms with Crippen LogP contribution in [0.1, 0.15) is 34.1 Å². The maximum atomic E-state index is 12.6. The SMILES string of the molecule is CCC(C)(C(=O)N1CCN(CC(C)C)CC1)C(N)=S. The summed E-state index contributed by atoms with van der Waals surface area (Å²) in [6, 6.07) is 0. The van der Waals surface area contributed by atoms with Gasteiger partial charge in [0.05, 0.1) is 10.4 Å². The molecule has 2 N–H and O–H groups in total. The number of carbonyl (C=O) groups is 1. The van der Waals surface area contributed by atoms with Crippen molar-refractivity contribution < 1.29 is 4.79 Å². The molecule has 0 aromatic rings. The first-order valence-corrected chi connectivity index (χ1v) is 7.53. The van der Waals surface area contributed by atoms with Crippen molar-refractivity contribution in [3.05, 3.63) is 0 Å². The van der Waals surface area contributed by atoms with Gasteiger partial charge < -0.3 is 10.6 Å². The van der Waals surface area contributed by atoms with Gasteiger partial charge in [-0.1, -0.05) is 33.0 Å².